The summed E-state index contributed by atoms with van der Waals surface area (Å²) in [5, 5.41) is 0. The van der Waals surface area contributed by atoms with Gasteiger partial charge in [-0.1, -0.05) is 34.6 Å². The van der Waals surface area contributed by atoms with Gasteiger partial charge in [0.15, 0.2) is 0 Å². The van der Waals surface area contributed by atoms with Crippen molar-refractivity contribution in [2.75, 3.05) is 0 Å². The smallest absolute Gasteiger partial charge is 0.0264 e. The van der Waals surface area contributed by atoms with Crippen LogP contribution in [0, 0.1) is 57.7 Å². The topological polar surface area (TPSA) is 0 Å². The Bertz CT molecular complexity index is 517. The van der Waals surface area contributed by atoms with Gasteiger partial charge in [0, 0.05) is 0 Å². The quantitative estimate of drug-likeness (QED) is 0.460. The van der Waals surface area contributed by atoms with Gasteiger partial charge in [-0.3, -0.25) is 0 Å². The maximum absolute atomic E-state index is 2.57. The summed E-state index contributed by atoms with van der Waals surface area (Å²) in [6, 6.07) is 0. The van der Waals surface area contributed by atoms with E-state index >= 15 is 0 Å². The molecule has 0 heterocycles. The lowest BCUT2D eigenvalue weighted by molar-refractivity contribution is -0.122. The predicted octanol–water partition coefficient (Wildman–Crippen LogP) is 8.11. The lowest BCUT2D eigenvalue weighted by atomic mass is 9.42. The van der Waals surface area contributed by atoms with E-state index in [1.165, 1.54) is 0 Å². The van der Waals surface area contributed by atoms with E-state index in [1.54, 1.807) is 77.0 Å². The Morgan fingerprint density at radius 1 is 0.519 bits per heavy atom. The monoisotopic (exact) mass is 370 g/mol. The summed E-state index contributed by atoms with van der Waals surface area (Å²) in [5.41, 5.74) is 2.31. The molecule has 0 aliphatic heterocycles. The summed E-state index contributed by atoms with van der Waals surface area (Å²) in [7, 11) is 0. The van der Waals surface area contributed by atoms with E-state index in [4.69, 9.17) is 0 Å². The first-order valence-electron chi connectivity index (χ1n) is 12.7. The fraction of sp³-hybridized carbons (Fsp3) is 1.00. The fourth-order valence-corrected chi connectivity index (χ4v) is 10.4. The second-order valence-corrected chi connectivity index (χ2v) is 13.7. The van der Waals surface area contributed by atoms with Crippen molar-refractivity contribution >= 4 is 0 Å². The average molecular weight is 371 g/mol. The molecule has 154 valence electrons. The third-order valence-electron chi connectivity index (χ3n) is 10.9. The third-order valence-corrected chi connectivity index (χ3v) is 10.9. The molecule has 2 atom stereocenters. The van der Waals surface area contributed by atoms with E-state index < -0.39 is 0 Å². The van der Waals surface area contributed by atoms with Gasteiger partial charge in [0.1, 0.15) is 0 Å². The molecule has 0 N–H and O–H groups in total. The van der Waals surface area contributed by atoms with Crippen molar-refractivity contribution in [2.24, 2.45) is 57.7 Å². The molecule has 0 aromatic heterocycles. The molecule has 8 aliphatic carbocycles. The molecule has 0 spiro atoms. The molecule has 8 aliphatic rings. The van der Waals surface area contributed by atoms with Crippen molar-refractivity contribution in [2.45, 2.75) is 112 Å². The van der Waals surface area contributed by atoms with Crippen LogP contribution in [0.1, 0.15) is 112 Å². The third kappa shape index (κ3) is 3.15. The van der Waals surface area contributed by atoms with Gasteiger partial charge in [0.05, 0.1) is 0 Å². The second kappa shape index (κ2) is 6.25. The minimum atomic E-state index is 0.744. The molecule has 0 nitrogen and oxygen atoms in total. The van der Waals surface area contributed by atoms with Crippen molar-refractivity contribution < 1.29 is 0 Å². The Labute approximate surface area is 169 Å². The molecular formula is C27H46. The molecule has 8 fully saturated rings. The van der Waals surface area contributed by atoms with Gasteiger partial charge >= 0.3 is 0 Å². The number of hydrogen-bond acceptors (Lipinski definition) is 0. The van der Waals surface area contributed by atoms with Crippen molar-refractivity contribution in [3.05, 3.63) is 0 Å². The minimum Gasteiger partial charge on any atom is -0.0622 e. The largest absolute Gasteiger partial charge is 0.0622 e. The van der Waals surface area contributed by atoms with Gasteiger partial charge in [-0.05, 0) is 135 Å². The maximum Gasteiger partial charge on any atom is -0.0264 e. The first kappa shape index (κ1) is 19.0. The molecule has 0 aromatic carbocycles. The molecule has 0 saturated heterocycles. The number of hydrogen-bond donors (Lipinski definition) is 0. The summed E-state index contributed by atoms with van der Waals surface area (Å²) in [6.45, 7) is 12.4. The highest BCUT2D eigenvalue weighted by Gasteiger charge is 2.56. The molecule has 0 amide bonds. The van der Waals surface area contributed by atoms with Crippen molar-refractivity contribution in [1.29, 1.82) is 0 Å². The van der Waals surface area contributed by atoms with Gasteiger partial charge in [-0.15, -0.1) is 0 Å². The molecular weight excluding hydrogens is 324 g/mol. The number of rotatable bonds is 2. The molecule has 0 aromatic rings. The second-order valence-electron chi connectivity index (χ2n) is 13.7. The Hall–Kier alpha value is 0. The van der Waals surface area contributed by atoms with Crippen LogP contribution in [0.2, 0.25) is 0 Å². The summed E-state index contributed by atoms with van der Waals surface area (Å²) in [4.78, 5) is 0. The van der Waals surface area contributed by atoms with Crippen LogP contribution in [0.3, 0.4) is 0 Å². The van der Waals surface area contributed by atoms with Crippen molar-refractivity contribution in [3.8, 4) is 0 Å². The van der Waals surface area contributed by atoms with Gasteiger partial charge in [0.25, 0.3) is 0 Å². The molecule has 0 radical (unpaired) electrons. The molecule has 0 heteroatoms. The zero-order valence-corrected chi connectivity index (χ0v) is 19.0. The van der Waals surface area contributed by atoms with Gasteiger partial charge in [0.2, 0.25) is 0 Å². The van der Waals surface area contributed by atoms with Crippen molar-refractivity contribution in [1.82, 2.24) is 0 Å². The van der Waals surface area contributed by atoms with Crippen LogP contribution in [0.4, 0.5) is 0 Å². The lowest BCUT2D eigenvalue weighted by Gasteiger charge is -2.63. The van der Waals surface area contributed by atoms with E-state index in [0.29, 0.717) is 0 Å². The van der Waals surface area contributed by atoms with Crippen LogP contribution >= 0.6 is 0 Å². The summed E-state index contributed by atoms with van der Waals surface area (Å²) >= 11 is 0. The zero-order chi connectivity index (χ0) is 19.0. The highest BCUT2D eigenvalue weighted by Crippen LogP contribution is 2.67. The minimum absolute atomic E-state index is 0.744. The highest BCUT2D eigenvalue weighted by molar-refractivity contribution is 5.07. The van der Waals surface area contributed by atoms with Crippen molar-refractivity contribution in [3.63, 3.8) is 0 Å². The maximum atomic E-state index is 2.57. The SMILES string of the molecule is CC(C)C12CC3CC(CC(C)(C3)C1)C2.CC(C)C12CC3CC(CC(C3)C1)C2. The van der Waals surface area contributed by atoms with E-state index in [9.17, 15) is 0 Å². The first-order valence-corrected chi connectivity index (χ1v) is 12.7. The van der Waals surface area contributed by atoms with Gasteiger partial charge < -0.3 is 0 Å². The summed E-state index contributed by atoms with van der Waals surface area (Å²) in [5.74, 6) is 7.47. The average Bonchev–Trinajstić information content (AvgIpc) is 2.51. The molecule has 8 bridgehead atoms. The first-order chi connectivity index (χ1) is 12.7. The van der Waals surface area contributed by atoms with Crippen LogP contribution < -0.4 is 0 Å². The van der Waals surface area contributed by atoms with Crippen LogP contribution in [0.25, 0.3) is 0 Å². The molecule has 2 unspecified atom stereocenters. The molecule has 8 rings (SSSR count). The van der Waals surface area contributed by atoms with Crippen LogP contribution in [-0.4, -0.2) is 0 Å². The van der Waals surface area contributed by atoms with Crippen LogP contribution in [-0.2, 0) is 0 Å². The van der Waals surface area contributed by atoms with E-state index in [-0.39, 0.29) is 0 Å². The highest BCUT2D eigenvalue weighted by atomic mass is 14.6. The standard InChI is InChI=1S/C14H24.C13H22/c1-10(2)14-7-11-4-12(8-14)6-13(3,5-11)9-14;1-9(2)13-6-10-3-11(7-13)5-12(4-10)8-13/h10-12H,4-9H2,1-3H3;9-12H,3-8H2,1-2H3. The summed E-state index contributed by atoms with van der Waals surface area (Å²) < 4.78 is 0. The van der Waals surface area contributed by atoms with Gasteiger partial charge in [-0.2, -0.15) is 0 Å². The predicted molar refractivity (Wildman–Crippen MR) is 116 cm³/mol. The molecule has 8 saturated carbocycles. The summed E-state index contributed by atoms with van der Waals surface area (Å²) in [6.07, 6.45) is 18.9. The fourth-order valence-electron chi connectivity index (χ4n) is 10.4. The van der Waals surface area contributed by atoms with Gasteiger partial charge in [-0.25, -0.2) is 0 Å². The van der Waals surface area contributed by atoms with Crippen LogP contribution in [0.5, 0.6) is 0 Å². The van der Waals surface area contributed by atoms with E-state index in [1.807, 2.05) is 0 Å². The Morgan fingerprint density at radius 3 is 1.26 bits per heavy atom. The zero-order valence-electron chi connectivity index (χ0n) is 19.0. The molecule has 27 heavy (non-hydrogen) atoms. The van der Waals surface area contributed by atoms with E-state index in [0.717, 1.165) is 57.7 Å². The normalized spacial score (nSPS) is 54.6. The Kier molecular flexibility index (Phi) is 4.39. The Morgan fingerprint density at radius 2 is 0.889 bits per heavy atom. The Balaban J connectivity index is 0.000000119. The van der Waals surface area contributed by atoms with E-state index in [2.05, 4.69) is 34.6 Å². The lowest BCUT2D eigenvalue weighted by Crippen LogP contribution is -2.52. The van der Waals surface area contributed by atoms with Crippen LogP contribution in [0.15, 0.2) is 0 Å².